The molecule has 0 atom stereocenters. The molecule has 1 aliphatic heterocycles. The molecule has 0 saturated carbocycles. The summed E-state index contributed by atoms with van der Waals surface area (Å²) < 4.78 is 0. The van der Waals surface area contributed by atoms with Crippen molar-refractivity contribution in [2.75, 3.05) is 19.6 Å². The largest absolute Gasteiger partial charge is 0.371 e. The molecule has 0 aromatic heterocycles. The van der Waals surface area contributed by atoms with Gasteiger partial charge in [0.1, 0.15) is 5.84 Å². The fourth-order valence-corrected chi connectivity index (χ4v) is 0.963. The van der Waals surface area contributed by atoms with Crippen LogP contribution in [0.1, 0.15) is 13.8 Å². The molecule has 2 N–H and O–H groups in total. The molecule has 1 heterocycles. The van der Waals surface area contributed by atoms with E-state index in [4.69, 9.17) is 0 Å². The fraction of sp³-hybridized carbons (Fsp3) is 0.857. The summed E-state index contributed by atoms with van der Waals surface area (Å²) in [6.07, 6.45) is 0. The van der Waals surface area contributed by atoms with Crippen molar-refractivity contribution < 1.29 is 0 Å². The second-order valence-corrected chi connectivity index (χ2v) is 2.80. The second-order valence-electron chi connectivity index (χ2n) is 2.80. The molecule has 0 spiro atoms. The van der Waals surface area contributed by atoms with E-state index in [9.17, 15) is 0 Å². The third-order valence-corrected chi connectivity index (χ3v) is 1.34. The molecule has 0 saturated heterocycles. The Hall–Kier alpha value is -0.570. The van der Waals surface area contributed by atoms with Crippen molar-refractivity contribution in [3.05, 3.63) is 0 Å². The van der Waals surface area contributed by atoms with Gasteiger partial charge in [-0.25, -0.2) is 0 Å². The maximum atomic E-state index is 4.31. The van der Waals surface area contributed by atoms with Crippen LogP contribution in [-0.2, 0) is 0 Å². The number of rotatable bonds is 1. The number of hydrogen-bond donors (Lipinski definition) is 2. The van der Waals surface area contributed by atoms with Gasteiger partial charge in [0.15, 0.2) is 0 Å². The molecule has 10 heavy (non-hydrogen) atoms. The van der Waals surface area contributed by atoms with E-state index in [2.05, 4.69) is 29.5 Å². The van der Waals surface area contributed by atoms with E-state index >= 15 is 0 Å². The lowest BCUT2D eigenvalue weighted by atomic mass is 10.3. The summed E-state index contributed by atoms with van der Waals surface area (Å²) in [5.74, 6) is 1.10. The maximum absolute atomic E-state index is 4.31. The number of amidine groups is 1. The molecule has 3 heteroatoms. The van der Waals surface area contributed by atoms with Gasteiger partial charge in [0.05, 0.1) is 13.1 Å². The normalized spacial score (nSPS) is 18.9. The van der Waals surface area contributed by atoms with Crippen LogP contribution in [-0.4, -0.2) is 31.5 Å². The Morgan fingerprint density at radius 3 is 2.90 bits per heavy atom. The van der Waals surface area contributed by atoms with Crippen LogP contribution in [0, 0.1) is 0 Å². The Kier molecular flexibility index (Phi) is 2.68. The summed E-state index contributed by atoms with van der Waals surface area (Å²) in [5.41, 5.74) is 0. The monoisotopic (exact) mass is 141 g/mol. The Labute approximate surface area is 61.9 Å². The Bertz CT molecular complexity index is 129. The zero-order chi connectivity index (χ0) is 7.40. The standard InChI is InChI=1S/C7H15N3/c1-6(2)10-7-5-8-3-4-9-7/h6,8H,3-5H2,1-2H3,(H,9,10). The topological polar surface area (TPSA) is 36.4 Å². The lowest BCUT2D eigenvalue weighted by Crippen LogP contribution is -2.42. The minimum Gasteiger partial charge on any atom is -0.371 e. The van der Waals surface area contributed by atoms with Crippen LogP contribution in [0.2, 0.25) is 0 Å². The molecule has 0 unspecified atom stereocenters. The van der Waals surface area contributed by atoms with Crippen LogP contribution in [0.25, 0.3) is 0 Å². The van der Waals surface area contributed by atoms with E-state index in [0.717, 1.165) is 25.5 Å². The van der Waals surface area contributed by atoms with Crippen LogP contribution in [0.4, 0.5) is 0 Å². The van der Waals surface area contributed by atoms with Gasteiger partial charge in [-0.1, -0.05) is 0 Å². The van der Waals surface area contributed by atoms with Crippen molar-refractivity contribution in [2.24, 2.45) is 4.99 Å². The van der Waals surface area contributed by atoms with Gasteiger partial charge in [-0.3, -0.25) is 4.99 Å². The Morgan fingerprint density at radius 1 is 1.60 bits per heavy atom. The summed E-state index contributed by atoms with van der Waals surface area (Å²) in [5, 5.41) is 6.52. The summed E-state index contributed by atoms with van der Waals surface area (Å²) in [6.45, 7) is 7.07. The lowest BCUT2D eigenvalue weighted by Gasteiger charge is -2.17. The van der Waals surface area contributed by atoms with Gasteiger partial charge in [0.2, 0.25) is 0 Å². The van der Waals surface area contributed by atoms with Crippen molar-refractivity contribution in [2.45, 2.75) is 19.9 Å². The van der Waals surface area contributed by atoms with Crippen molar-refractivity contribution in [1.82, 2.24) is 10.6 Å². The third kappa shape index (κ3) is 2.35. The van der Waals surface area contributed by atoms with Crippen molar-refractivity contribution in [1.29, 1.82) is 0 Å². The fourth-order valence-electron chi connectivity index (χ4n) is 0.963. The molecule has 0 aliphatic carbocycles. The number of aliphatic imine (C=N–C) groups is 1. The first kappa shape index (κ1) is 7.54. The Balaban J connectivity index is 2.31. The highest BCUT2D eigenvalue weighted by Crippen LogP contribution is 1.84. The predicted molar refractivity (Wildman–Crippen MR) is 43.4 cm³/mol. The van der Waals surface area contributed by atoms with E-state index in [1.807, 2.05) is 0 Å². The van der Waals surface area contributed by atoms with Gasteiger partial charge in [0, 0.05) is 12.6 Å². The molecular weight excluding hydrogens is 126 g/mol. The molecule has 1 rings (SSSR count). The van der Waals surface area contributed by atoms with E-state index in [-0.39, 0.29) is 0 Å². The van der Waals surface area contributed by atoms with Crippen LogP contribution >= 0.6 is 0 Å². The highest BCUT2D eigenvalue weighted by atomic mass is 15.1. The summed E-state index contributed by atoms with van der Waals surface area (Å²) >= 11 is 0. The molecule has 3 nitrogen and oxygen atoms in total. The molecule has 0 fully saturated rings. The van der Waals surface area contributed by atoms with E-state index in [0.29, 0.717) is 6.04 Å². The molecule has 0 radical (unpaired) electrons. The van der Waals surface area contributed by atoms with E-state index in [1.165, 1.54) is 0 Å². The smallest absolute Gasteiger partial charge is 0.111 e. The molecule has 0 aromatic rings. The van der Waals surface area contributed by atoms with Crippen molar-refractivity contribution in [3.63, 3.8) is 0 Å². The first-order valence-corrected chi connectivity index (χ1v) is 3.79. The minimum atomic E-state index is 0.499. The van der Waals surface area contributed by atoms with Gasteiger partial charge < -0.3 is 10.6 Å². The average Bonchev–Trinajstić information content (AvgIpc) is 1.88. The highest BCUT2D eigenvalue weighted by Gasteiger charge is 2.03. The van der Waals surface area contributed by atoms with E-state index in [1.54, 1.807) is 0 Å². The zero-order valence-corrected chi connectivity index (χ0v) is 6.65. The van der Waals surface area contributed by atoms with E-state index < -0.39 is 0 Å². The van der Waals surface area contributed by atoms with Crippen molar-refractivity contribution >= 4 is 5.84 Å². The summed E-state index contributed by atoms with van der Waals surface area (Å²) in [7, 11) is 0. The zero-order valence-electron chi connectivity index (χ0n) is 6.65. The van der Waals surface area contributed by atoms with Crippen LogP contribution in [0.3, 0.4) is 0 Å². The molecular formula is C7H15N3. The van der Waals surface area contributed by atoms with Gasteiger partial charge in [-0.15, -0.1) is 0 Å². The van der Waals surface area contributed by atoms with Crippen LogP contribution in [0.5, 0.6) is 0 Å². The maximum Gasteiger partial charge on any atom is 0.111 e. The molecule has 1 aliphatic rings. The average molecular weight is 141 g/mol. The quantitative estimate of drug-likeness (QED) is 0.538. The number of nitrogens with one attached hydrogen (secondary N) is 2. The van der Waals surface area contributed by atoms with Crippen molar-refractivity contribution in [3.8, 4) is 0 Å². The first-order valence-electron chi connectivity index (χ1n) is 3.79. The highest BCUT2D eigenvalue weighted by molar-refractivity contribution is 5.84. The molecule has 0 bridgehead atoms. The van der Waals surface area contributed by atoms with Crippen LogP contribution in [0.15, 0.2) is 4.99 Å². The number of hydrogen-bond acceptors (Lipinski definition) is 3. The molecule has 0 aromatic carbocycles. The molecule has 58 valence electrons. The first-order chi connectivity index (χ1) is 4.79. The Morgan fingerprint density at radius 2 is 2.40 bits per heavy atom. The lowest BCUT2D eigenvalue weighted by molar-refractivity contribution is 0.667. The molecule has 0 amide bonds. The third-order valence-electron chi connectivity index (χ3n) is 1.34. The van der Waals surface area contributed by atoms with Gasteiger partial charge in [-0.05, 0) is 13.8 Å². The second kappa shape index (κ2) is 3.56. The van der Waals surface area contributed by atoms with Crippen LogP contribution < -0.4 is 10.6 Å². The summed E-state index contributed by atoms with van der Waals surface area (Å²) in [6, 6.07) is 0.499. The van der Waals surface area contributed by atoms with Gasteiger partial charge >= 0.3 is 0 Å². The SMILES string of the molecule is CC(C)NC1=NCCNC1. The van der Waals surface area contributed by atoms with Gasteiger partial charge in [-0.2, -0.15) is 0 Å². The minimum absolute atomic E-state index is 0.499. The number of nitrogens with zero attached hydrogens (tertiary/aromatic N) is 1. The summed E-state index contributed by atoms with van der Waals surface area (Å²) in [4.78, 5) is 4.31. The van der Waals surface area contributed by atoms with Gasteiger partial charge in [0.25, 0.3) is 0 Å². The predicted octanol–water partition coefficient (Wildman–Crippen LogP) is -0.0139.